The summed E-state index contributed by atoms with van der Waals surface area (Å²) in [6, 6.07) is 4.87. The zero-order valence-electron chi connectivity index (χ0n) is 9.93. The maximum atomic E-state index is 14.4. The van der Waals surface area contributed by atoms with Gasteiger partial charge in [0.2, 0.25) is 0 Å². The second-order valence-electron chi connectivity index (χ2n) is 4.51. The van der Waals surface area contributed by atoms with Crippen molar-refractivity contribution < 1.29 is 13.5 Å². The van der Waals surface area contributed by atoms with Gasteiger partial charge in [0.25, 0.3) is 0 Å². The molecule has 4 heteroatoms. The molecule has 0 atom stereocenters. The molecule has 1 aromatic rings. The summed E-state index contributed by atoms with van der Waals surface area (Å²) in [4.78, 5) is 0. The van der Waals surface area contributed by atoms with Gasteiger partial charge in [-0.05, 0) is 37.6 Å². The van der Waals surface area contributed by atoms with Crippen molar-refractivity contribution in [2.45, 2.75) is 24.9 Å². The fourth-order valence-corrected chi connectivity index (χ4v) is 2.24. The second-order valence-corrected chi connectivity index (χ2v) is 4.51. The molecule has 0 aromatic heterocycles. The van der Waals surface area contributed by atoms with Gasteiger partial charge in [0.15, 0.2) is 11.6 Å². The minimum Gasteiger partial charge on any atom is -0.494 e. The van der Waals surface area contributed by atoms with E-state index < -0.39 is 11.5 Å². The van der Waals surface area contributed by atoms with E-state index in [2.05, 4.69) is 5.32 Å². The van der Waals surface area contributed by atoms with Gasteiger partial charge < -0.3 is 10.1 Å². The zero-order valence-corrected chi connectivity index (χ0v) is 9.93. The standard InChI is InChI=1S/C13H17F2NO/c1-17-11-4-2-3-10(12(11)14)9-13(15)5-7-16-8-6-13/h2-4,16H,5-9H2,1H3. The molecule has 0 radical (unpaired) electrons. The Balaban J connectivity index is 2.17. The van der Waals surface area contributed by atoms with Crippen LogP contribution in [0.1, 0.15) is 18.4 Å². The summed E-state index contributed by atoms with van der Waals surface area (Å²) >= 11 is 0. The summed E-state index contributed by atoms with van der Waals surface area (Å²) in [7, 11) is 1.41. The number of benzene rings is 1. The van der Waals surface area contributed by atoms with Crippen molar-refractivity contribution in [3.8, 4) is 5.75 Å². The Kier molecular flexibility index (Phi) is 3.62. The fourth-order valence-electron chi connectivity index (χ4n) is 2.24. The number of nitrogens with one attached hydrogen (secondary N) is 1. The summed E-state index contributed by atoms with van der Waals surface area (Å²) in [5, 5.41) is 3.10. The number of rotatable bonds is 3. The molecule has 0 amide bonds. The zero-order chi connectivity index (χ0) is 12.3. The van der Waals surface area contributed by atoms with Crippen LogP contribution in [-0.4, -0.2) is 25.9 Å². The molecule has 2 rings (SSSR count). The number of alkyl halides is 1. The third kappa shape index (κ3) is 2.75. The van der Waals surface area contributed by atoms with Gasteiger partial charge in [-0.25, -0.2) is 8.78 Å². The molecule has 94 valence electrons. The van der Waals surface area contributed by atoms with Crippen molar-refractivity contribution >= 4 is 0 Å². The largest absolute Gasteiger partial charge is 0.494 e. The highest BCUT2D eigenvalue weighted by molar-refractivity contribution is 5.32. The molecule has 17 heavy (non-hydrogen) atoms. The van der Waals surface area contributed by atoms with E-state index in [1.807, 2.05) is 0 Å². The van der Waals surface area contributed by atoms with Crippen molar-refractivity contribution in [3.05, 3.63) is 29.6 Å². The van der Waals surface area contributed by atoms with Gasteiger partial charge in [0.1, 0.15) is 5.67 Å². The Morgan fingerprint density at radius 1 is 1.35 bits per heavy atom. The van der Waals surface area contributed by atoms with Gasteiger partial charge in [-0.2, -0.15) is 0 Å². The lowest BCUT2D eigenvalue weighted by molar-refractivity contribution is 0.115. The Hall–Kier alpha value is -1.16. The molecule has 2 nitrogen and oxygen atoms in total. The Morgan fingerprint density at radius 2 is 2.06 bits per heavy atom. The van der Waals surface area contributed by atoms with Crippen LogP contribution in [0.5, 0.6) is 5.75 Å². The Morgan fingerprint density at radius 3 is 2.71 bits per heavy atom. The molecule has 0 saturated carbocycles. The molecule has 1 saturated heterocycles. The summed E-state index contributed by atoms with van der Waals surface area (Å²) in [5.41, 5.74) is -0.896. The maximum absolute atomic E-state index is 14.4. The lowest BCUT2D eigenvalue weighted by atomic mass is 9.87. The topological polar surface area (TPSA) is 21.3 Å². The number of methoxy groups -OCH3 is 1. The number of piperidine rings is 1. The first-order valence-corrected chi connectivity index (χ1v) is 5.86. The first kappa shape index (κ1) is 12.3. The monoisotopic (exact) mass is 241 g/mol. The average Bonchev–Trinajstić information content (AvgIpc) is 2.32. The van der Waals surface area contributed by atoms with Gasteiger partial charge in [-0.3, -0.25) is 0 Å². The van der Waals surface area contributed by atoms with E-state index in [9.17, 15) is 8.78 Å². The van der Waals surface area contributed by atoms with Gasteiger partial charge >= 0.3 is 0 Å². The predicted octanol–water partition coefficient (Wildman–Crippen LogP) is 2.47. The number of halogens is 2. The third-order valence-corrected chi connectivity index (χ3v) is 3.27. The number of hydrogen-bond donors (Lipinski definition) is 1. The summed E-state index contributed by atoms with van der Waals surface area (Å²) in [6.07, 6.45) is 0.991. The van der Waals surface area contributed by atoms with Crippen molar-refractivity contribution in [2.75, 3.05) is 20.2 Å². The van der Waals surface area contributed by atoms with Gasteiger partial charge in [0.05, 0.1) is 7.11 Å². The normalized spacial score (nSPS) is 19.0. The third-order valence-electron chi connectivity index (χ3n) is 3.27. The predicted molar refractivity (Wildman–Crippen MR) is 62.6 cm³/mol. The van der Waals surface area contributed by atoms with Crippen molar-refractivity contribution in [3.63, 3.8) is 0 Å². The van der Waals surface area contributed by atoms with Gasteiger partial charge in [0, 0.05) is 6.42 Å². The van der Waals surface area contributed by atoms with Crippen LogP contribution in [0, 0.1) is 5.82 Å². The van der Waals surface area contributed by atoms with E-state index in [0.717, 1.165) is 0 Å². The van der Waals surface area contributed by atoms with E-state index >= 15 is 0 Å². The highest BCUT2D eigenvalue weighted by atomic mass is 19.1. The maximum Gasteiger partial charge on any atom is 0.168 e. The van der Waals surface area contributed by atoms with E-state index in [0.29, 0.717) is 31.5 Å². The quantitative estimate of drug-likeness (QED) is 0.877. The van der Waals surface area contributed by atoms with E-state index in [-0.39, 0.29) is 12.2 Å². The summed E-state index contributed by atoms with van der Waals surface area (Å²) in [6.45, 7) is 1.31. The smallest absolute Gasteiger partial charge is 0.168 e. The first-order valence-electron chi connectivity index (χ1n) is 5.86. The van der Waals surface area contributed by atoms with Crippen LogP contribution < -0.4 is 10.1 Å². The van der Waals surface area contributed by atoms with E-state index in [1.165, 1.54) is 7.11 Å². The van der Waals surface area contributed by atoms with Crippen molar-refractivity contribution in [1.29, 1.82) is 0 Å². The molecule has 1 aliphatic heterocycles. The van der Waals surface area contributed by atoms with Gasteiger partial charge in [-0.1, -0.05) is 12.1 Å². The van der Waals surface area contributed by atoms with Gasteiger partial charge in [-0.15, -0.1) is 0 Å². The molecule has 0 bridgehead atoms. The molecular weight excluding hydrogens is 224 g/mol. The van der Waals surface area contributed by atoms with Crippen LogP contribution in [0.3, 0.4) is 0 Å². The molecule has 0 unspecified atom stereocenters. The molecule has 1 fully saturated rings. The fraction of sp³-hybridized carbons (Fsp3) is 0.538. The van der Waals surface area contributed by atoms with Crippen LogP contribution >= 0.6 is 0 Å². The van der Waals surface area contributed by atoms with Crippen molar-refractivity contribution in [2.24, 2.45) is 0 Å². The SMILES string of the molecule is COc1cccc(CC2(F)CCNCC2)c1F. The molecular formula is C13H17F2NO. The molecule has 1 aliphatic rings. The van der Waals surface area contributed by atoms with Crippen LogP contribution in [0.4, 0.5) is 8.78 Å². The summed E-state index contributed by atoms with van der Waals surface area (Å²) < 4.78 is 33.2. The van der Waals surface area contributed by atoms with Crippen LogP contribution in [0.15, 0.2) is 18.2 Å². The minimum absolute atomic E-state index is 0.123. The lowest BCUT2D eigenvalue weighted by Crippen LogP contribution is -2.40. The molecule has 0 spiro atoms. The van der Waals surface area contributed by atoms with Crippen molar-refractivity contribution in [1.82, 2.24) is 5.32 Å². The van der Waals surface area contributed by atoms with Crippen LogP contribution in [0.2, 0.25) is 0 Å². The number of ether oxygens (including phenoxy) is 1. The van der Waals surface area contributed by atoms with Crippen LogP contribution in [0.25, 0.3) is 0 Å². The molecule has 1 heterocycles. The Labute approximate surface area is 100.0 Å². The van der Waals surface area contributed by atoms with E-state index in [1.54, 1.807) is 18.2 Å². The Bertz CT molecular complexity index is 389. The minimum atomic E-state index is -1.29. The summed E-state index contributed by atoms with van der Waals surface area (Å²) in [5.74, 6) is -0.259. The molecule has 0 aliphatic carbocycles. The first-order chi connectivity index (χ1) is 8.14. The van der Waals surface area contributed by atoms with E-state index in [4.69, 9.17) is 4.74 Å². The molecule has 1 N–H and O–H groups in total. The highest BCUT2D eigenvalue weighted by Gasteiger charge is 2.32. The molecule has 1 aromatic carbocycles. The average molecular weight is 241 g/mol. The lowest BCUT2D eigenvalue weighted by Gasteiger charge is -2.30. The highest BCUT2D eigenvalue weighted by Crippen LogP contribution is 2.30. The number of hydrogen-bond acceptors (Lipinski definition) is 2. The second kappa shape index (κ2) is 5.00. The van der Waals surface area contributed by atoms with Crippen LogP contribution in [-0.2, 0) is 6.42 Å².